The van der Waals surface area contributed by atoms with Crippen LogP contribution in [0, 0.1) is 0 Å². The van der Waals surface area contributed by atoms with E-state index in [1.165, 1.54) is 17.5 Å². The van der Waals surface area contributed by atoms with Crippen LogP contribution in [0.25, 0.3) is 0 Å². The maximum Gasteiger partial charge on any atom is 0.0585 e. The third kappa shape index (κ3) is 5.17. The summed E-state index contributed by atoms with van der Waals surface area (Å²) in [5.41, 5.74) is 8.22. The van der Waals surface area contributed by atoms with Crippen LogP contribution in [0.2, 0.25) is 0 Å². The van der Waals surface area contributed by atoms with Gasteiger partial charge in [0.2, 0.25) is 0 Å². The Bertz CT molecular complexity index is 261. The number of rotatable bonds is 5. The van der Waals surface area contributed by atoms with Crippen molar-refractivity contribution in [1.82, 2.24) is 0 Å². The summed E-state index contributed by atoms with van der Waals surface area (Å²) in [5, 5.41) is 8.81. The standard InChI is InChI=1S/C12H19NO.ClH/c1-2-3-10-4-6-11(7-5-10)8-12(13)9-14;/h4-7,12,14H,2-3,8-9,13H2,1H3;1H. The fourth-order valence-electron chi connectivity index (χ4n) is 1.50. The molecule has 1 aromatic carbocycles. The van der Waals surface area contributed by atoms with Crippen molar-refractivity contribution >= 4 is 12.4 Å². The maximum absolute atomic E-state index is 8.81. The van der Waals surface area contributed by atoms with Crippen LogP contribution in [0.15, 0.2) is 24.3 Å². The zero-order valence-corrected chi connectivity index (χ0v) is 9.96. The highest BCUT2D eigenvalue weighted by Crippen LogP contribution is 2.08. The second kappa shape index (κ2) is 7.69. The molecule has 1 atom stereocenters. The van der Waals surface area contributed by atoms with Gasteiger partial charge in [-0.25, -0.2) is 0 Å². The van der Waals surface area contributed by atoms with E-state index in [1.807, 2.05) is 0 Å². The molecule has 3 N–H and O–H groups in total. The van der Waals surface area contributed by atoms with Crippen molar-refractivity contribution in [3.8, 4) is 0 Å². The topological polar surface area (TPSA) is 46.2 Å². The van der Waals surface area contributed by atoms with E-state index in [0.29, 0.717) is 0 Å². The summed E-state index contributed by atoms with van der Waals surface area (Å²) in [6.45, 7) is 2.23. The van der Waals surface area contributed by atoms with Gasteiger partial charge in [-0.3, -0.25) is 0 Å². The number of aryl methyl sites for hydroxylation is 1. The van der Waals surface area contributed by atoms with Gasteiger partial charge in [0.05, 0.1) is 6.61 Å². The minimum atomic E-state index is -0.132. The molecule has 15 heavy (non-hydrogen) atoms. The van der Waals surface area contributed by atoms with Gasteiger partial charge in [0.25, 0.3) is 0 Å². The lowest BCUT2D eigenvalue weighted by Gasteiger charge is -2.08. The molecule has 2 nitrogen and oxygen atoms in total. The Morgan fingerprint density at radius 3 is 2.20 bits per heavy atom. The Kier molecular flexibility index (Phi) is 7.39. The molecule has 1 unspecified atom stereocenters. The van der Waals surface area contributed by atoms with Crippen LogP contribution in [0.3, 0.4) is 0 Å². The molecule has 0 radical (unpaired) electrons. The molecule has 0 fully saturated rings. The van der Waals surface area contributed by atoms with Crippen molar-refractivity contribution in [2.75, 3.05) is 6.61 Å². The first-order valence-corrected chi connectivity index (χ1v) is 5.20. The minimum absolute atomic E-state index is 0. The van der Waals surface area contributed by atoms with Gasteiger partial charge in [-0.05, 0) is 24.0 Å². The van der Waals surface area contributed by atoms with Crippen LogP contribution in [0.5, 0.6) is 0 Å². The number of halogens is 1. The molecule has 0 bridgehead atoms. The van der Waals surface area contributed by atoms with Crippen LogP contribution in [-0.4, -0.2) is 17.8 Å². The predicted molar refractivity (Wildman–Crippen MR) is 66.5 cm³/mol. The first kappa shape index (κ1) is 14.4. The zero-order valence-electron chi connectivity index (χ0n) is 9.15. The summed E-state index contributed by atoms with van der Waals surface area (Å²) in [6, 6.07) is 8.35. The van der Waals surface area contributed by atoms with Crippen molar-refractivity contribution in [1.29, 1.82) is 0 Å². The van der Waals surface area contributed by atoms with Gasteiger partial charge in [-0.15, -0.1) is 12.4 Å². The van der Waals surface area contributed by atoms with E-state index in [4.69, 9.17) is 10.8 Å². The SMILES string of the molecule is CCCc1ccc(CC(N)CO)cc1.Cl. The van der Waals surface area contributed by atoms with Crippen molar-refractivity contribution in [3.05, 3.63) is 35.4 Å². The molecule has 0 aromatic heterocycles. The van der Waals surface area contributed by atoms with Gasteiger partial charge in [0.15, 0.2) is 0 Å². The first-order chi connectivity index (χ1) is 6.76. The monoisotopic (exact) mass is 229 g/mol. The average molecular weight is 230 g/mol. The van der Waals surface area contributed by atoms with E-state index in [-0.39, 0.29) is 25.1 Å². The quantitative estimate of drug-likeness (QED) is 0.811. The minimum Gasteiger partial charge on any atom is -0.395 e. The van der Waals surface area contributed by atoms with E-state index in [0.717, 1.165) is 12.8 Å². The summed E-state index contributed by atoms with van der Waals surface area (Å²) in [5.74, 6) is 0. The number of benzene rings is 1. The number of hydrogen-bond donors (Lipinski definition) is 2. The van der Waals surface area contributed by atoms with Gasteiger partial charge in [-0.2, -0.15) is 0 Å². The summed E-state index contributed by atoms with van der Waals surface area (Å²) < 4.78 is 0. The fourth-order valence-corrected chi connectivity index (χ4v) is 1.50. The molecule has 0 heterocycles. The summed E-state index contributed by atoms with van der Waals surface area (Å²) >= 11 is 0. The Hall–Kier alpha value is -0.570. The summed E-state index contributed by atoms with van der Waals surface area (Å²) in [6.07, 6.45) is 3.06. The highest BCUT2D eigenvalue weighted by molar-refractivity contribution is 5.85. The molecule has 0 amide bonds. The van der Waals surface area contributed by atoms with Crippen LogP contribution >= 0.6 is 12.4 Å². The van der Waals surface area contributed by atoms with Gasteiger partial charge in [-0.1, -0.05) is 37.6 Å². The fraction of sp³-hybridized carbons (Fsp3) is 0.500. The lowest BCUT2D eigenvalue weighted by Crippen LogP contribution is -2.26. The lowest BCUT2D eigenvalue weighted by molar-refractivity contribution is 0.265. The largest absolute Gasteiger partial charge is 0.395 e. The summed E-state index contributed by atoms with van der Waals surface area (Å²) in [7, 11) is 0. The summed E-state index contributed by atoms with van der Waals surface area (Å²) in [4.78, 5) is 0. The van der Waals surface area contributed by atoms with E-state index in [9.17, 15) is 0 Å². The second-order valence-electron chi connectivity index (χ2n) is 3.71. The second-order valence-corrected chi connectivity index (χ2v) is 3.71. The van der Waals surface area contributed by atoms with Crippen LogP contribution in [0.4, 0.5) is 0 Å². The molecule has 0 saturated carbocycles. The molecule has 0 saturated heterocycles. The van der Waals surface area contributed by atoms with Crippen molar-refractivity contribution in [3.63, 3.8) is 0 Å². The maximum atomic E-state index is 8.81. The van der Waals surface area contributed by atoms with Crippen LogP contribution in [0.1, 0.15) is 24.5 Å². The van der Waals surface area contributed by atoms with Gasteiger partial charge >= 0.3 is 0 Å². The highest BCUT2D eigenvalue weighted by Gasteiger charge is 2.01. The molecular weight excluding hydrogens is 210 g/mol. The van der Waals surface area contributed by atoms with E-state index in [1.54, 1.807) is 0 Å². The molecule has 0 aliphatic rings. The van der Waals surface area contributed by atoms with Crippen LogP contribution in [-0.2, 0) is 12.8 Å². The average Bonchev–Trinajstić information content (AvgIpc) is 2.21. The molecule has 3 heteroatoms. The Balaban J connectivity index is 0.00000196. The Morgan fingerprint density at radius 1 is 1.20 bits per heavy atom. The van der Waals surface area contributed by atoms with Gasteiger partial charge < -0.3 is 10.8 Å². The Labute approximate surface area is 97.9 Å². The number of aliphatic hydroxyl groups is 1. The molecule has 0 spiro atoms. The van der Waals surface area contributed by atoms with Crippen LogP contribution < -0.4 is 5.73 Å². The number of aliphatic hydroxyl groups excluding tert-OH is 1. The predicted octanol–water partition coefficient (Wildman–Crippen LogP) is 1.92. The smallest absolute Gasteiger partial charge is 0.0585 e. The van der Waals surface area contributed by atoms with Gasteiger partial charge in [0.1, 0.15) is 0 Å². The molecule has 0 aliphatic heterocycles. The molecule has 0 aliphatic carbocycles. The van der Waals surface area contributed by atoms with Crippen molar-refractivity contribution in [2.45, 2.75) is 32.2 Å². The first-order valence-electron chi connectivity index (χ1n) is 5.20. The Morgan fingerprint density at radius 2 is 1.73 bits per heavy atom. The lowest BCUT2D eigenvalue weighted by atomic mass is 10.0. The normalized spacial score (nSPS) is 11.9. The zero-order chi connectivity index (χ0) is 10.4. The molecule has 86 valence electrons. The highest BCUT2D eigenvalue weighted by atomic mass is 35.5. The number of nitrogens with two attached hydrogens (primary N) is 1. The molecule has 1 rings (SSSR count). The van der Waals surface area contributed by atoms with Crippen molar-refractivity contribution < 1.29 is 5.11 Å². The third-order valence-corrected chi connectivity index (χ3v) is 2.29. The molecule has 1 aromatic rings. The van der Waals surface area contributed by atoms with Gasteiger partial charge in [0, 0.05) is 6.04 Å². The van der Waals surface area contributed by atoms with E-state index in [2.05, 4.69) is 31.2 Å². The molecular formula is C12H20ClNO. The third-order valence-electron chi connectivity index (χ3n) is 2.29. The van der Waals surface area contributed by atoms with E-state index < -0.39 is 0 Å². The number of hydrogen-bond acceptors (Lipinski definition) is 2. The van der Waals surface area contributed by atoms with E-state index >= 15 is 0 Å². The van der Waals surface area contributed by atoms with Crippen molar-refractivity contribution in [2.24, 2.45) is 5.73 Å².